The Morgan fingerprint density at radius 3 is 2.57 bits per heavy atom. The minimum atomic E-state index is -0.355. The van der Waals surface area contributed by atoms with Crippen LogP contribution in [0.15, 0.2) is 48.5 Å². The standard InChI is InChI=1S/C23H26N2O3/c1-28-20-8-3-6-18(14-20)17-5-2-7-19(13-17)23(27)25-12-4-9-21(25)22(26)24-15-16-10-11-16/h2-3,5-8,13-14,16,21H,4,9-12,15H2,1H3,(H,24,26). The predicted octanol–water partition coefficient (Wildman–Crippen LogP) is 3.49. The first-order chi connectivity index (χ1) is 13.7. The van der Waals surface area contributed by atoms with Crippen LogP contribution in [0.5, 0.6) is 5.75 Å². The van der Waals surface area contributed by atoms with E-state index in [9.17, 15) is 9.59 Å². The van der Waals surface area contributed by atoms with Crippen LogP contribution < -0.4 is 10.1 Å². The molecular weight excluding hydrogens is 352 g/mol. The van der Waals surface area contributed by atoms with Crippen molar-refractivity contribution in [1.82, 2.24) is 10.2 Å². The Kier molecular flexibility index (Phi) is 5.33. The molecule has 2 aromatic carbocycles. The second kappa shape index (κ2) is 8.05. The van der Waals surface area contributed by atoms with Crippen LogP contribution in [0.1, 0.15) is 36.0 Å². The fraction of sp³-hybridized carbons (Fsp3) is 0.391. The molecule has 5 heteroatoms. The normalized spacial score (nSPS) is 18.8. The largest absolute Gasteiger partial charge is 0.497 e. The zero-order valence-electron chi connectivity index (χ0n) is 16.2. The minimum Gasteiger partial charge on any atom is -0.497 e. The van der Waals surface area contributed by atoms with Crippen LogP contribution in [-0.4, -0.2) is 43.0 Å². The Bertz CT molecular complexity index is 876. The van der Waals surface area contributed by atoms with E-state index < -0.39 is 0 Å². The molecule has 1 N–H and O–H groups in total. The highest BCUT2D eigenvalue weighted by atomic mass is 16.5. The summed E-state index contributed by atoms with van der Waals surface area (Å²) in [6, 6.07) is 15.0. The second-order valence-electron chi connectivity index (χ2n) is 7.66. The van der Waals surface area contributed by atoms with Gasteiger partial charge in [-0.1, -0.05) is 24.3 Å². The summed E-state index contributed by atoms with van der Waals surface area (Å²) in [6.45, 7) is 1.37. The summed E-state index contributed by atoms with van der Waals surface area (Å²) < 4.78 is 5.30. The van der Waals surface area contributed by atoms with Gasteiger partial charge in [0.1, 0.15) is 11.8 Å². The van der Waals surface area contributed by atoms with E-state index in [1.807, 2.05) is 48.5 Å². The maximum absolute atomic E-state index is 13.1. The number of nitrogens with one attached hydrogen (secondary N) is 1. The number of ether oxygens (including phenoxy) is 1. The molecule has 0 spiro atoms. The molecule has 1 aliphatic carbocycles. The number of hydrogen-bond acceptors (Lipinski definition) is 3. The Labute approximate surface area is 165 Å². The van der Waals surface area contributed by atoms with Gasteiger partial charge in [-0.15, -0.1) is 0 Å². The average molecular weight is 378 g/mol. The van der Waals surface area contributed by atoms with Crippen molar-refractivity contribution < 1.29 is 14.3 Å². The van der Waals surface area contributed by atoms with E-state index in [1.165, 1.54) is 12.8 Å². The van der Waals surface area contributed by atoms with Crippen LogP contribution >= 0.6 is 0 Å². The highest BCUT2D eigenvalue weighted by Gasteiger charge is 2.35. The number of amides is 2. The smallest absolute Gasteiger partial charge is 0.254 e. The molecule has 2 amide bonds. The predicted molar refractivity (Wildman–Crippen MR) is 108 cm³/mol. The zero-order chi connectivity index (χ0) is 19.5. The molecule has 2 aliphatic rings. The van der Waals surface area contributed by atoms with Gasteiger partial charge >= 0.3 is 0 Å². The van der Waals surface area contributed by atoms with Gasteiger partial charge in [0, 0.05) is 18.7 Å². The van der Waals surface area contributed by atoms with Gasteiger partial charge in [-0.25, -0.2) is 0 Å². The summed E-state index contributed by atoms with van der Waals surface area (Å²) >= 11 is 0. The Morgan fingerprint density at radius 1 is 1.07 bits per heavy atom. The lowest BCUT2D eigenvalue weighted by molar-refractivity contribution is -0.124. The zero-order valence-corrected chi connectivity index (χ0v) is 16.2. The lowest BCUT2D eigenvalue weighted by Crippen LogP contribution is -2.46. The van der Waals surface area contributed by atoms with Crippen LogP contribution in [0.2, 0.25) is 0 Å². The Balaban J connectivity index is 1.51. The Morgan fingerprint density at radius 2 is 1.82 bits per heavy atom. The summed E-state index contributed by atoms with van der Waals surface area (Å²) in [5, 5.41) is 3.03. The summed E-state index contributed by atoms with van der Waals surface area (Å²) in [6.07, 6.45) is 4.00. The maximum atomic E-state index is 13.1. The SMILES string of the molecule is COc1cccc(-c2cccc(C(=O)N3CCCC3C(=O)NCC3CC3)c2)c1. The molecule has 4 rings (SSSR count). The van der Waals surface area contributed by atoms with Gasteiger partial charge in [0.05, 0.1) is 7.11 Å². The molecule has 1 saturated heterocycles. The monoisotopic (exact) mass is 378 g/mol. The van der Waals surface area contributed by atoms with E-state index in [0.717, 1.165) is 36.3 Å². The molecule has 0 bridgehead atoms. The molecule has 0 radical (unpaired) electrons. The van der Waals surface area contributed by atoms with Gasteiger partial charge in [0.2, 0.25) is 5.91 Å². The van der Waals surface area contributed by atoms with Gasteiger partial charge in [0.15, 0.2) is 0 Å². The van der Waals surface area contributed by atoms with Crippen molar-refractivity contribution in [3.05, 3.63) is 54.1 Å². The fourth-order valence-corrected chi connectivity index (χ4v) is 3.77. The van der Waals surface area contributed by atoms with E-state index in [-0.39, 0.29) is 17.9 Å². The van der Waals surface area contributed by atoms with Crippen molar-refractivity contribution in [3.8, 4) is 16.9 Å². The molecule has 28 heavy (non-hydrogen) atoms. The van der Waals surface area contributed by atoms with Crippen molar-refractivity contribution in [2.24, 2.45) is 5.92 Å². The number of carbonyl (C=O) groups is 2. The minimum absolute atomic E-state index is 0.0123. The molecule has 2 fully saturated rings. The van der Waals surface area contributed by atoms with Crippen LogP contribution in [0.25, 0.3) is 11.1 Å². The number of benzene rings is 2. The molecular formula is C23H26N2O3. The number of rotatable bonds is 6. The Hall–Kier alpha value is -2.82. The molecule has 1 atom stereocenters. The molecule has 1 saturated carbocycles. The van der Waals surface area contributed by atoms with Crippen molar-refractivity contribution in [1.29, 1.82) is 0 Å². The van der Waals surface area contributed by atoms with Gasteiger partial charge in [-0.05, 0) is 67.0 Å². The van der Waals surface area contributed by atoms with Gasteiger partial charge < -0.3 is 15.0 Å². The molecule has 1 heterocycles. The number of likely N-dealkylation sites (tertiary alicyclic amines) is 1. The van der Waals surface area contributed by atoms with E-state index in [1.54, 1.807) is 12.0 Å². The molecule has 1 aliphatic heterocycles. The van der Waals surface area contributed by atoms with Crippen LogP contribution in [0.3, 0.4) is 0 Å². The molecule has 2 aromatic rings. The molecule has 146 valence electrons. The third-order valence-corrected chi connectivity index (χ3v) is 5.59. The van der Waals surface area contributed by atoms with E-state index >= 15 is 0 Å². The van der Waals surface area contributed by atoms with Crippen LogP contribution in [-0.2, 0) is 4.79 Å². The summed E-state index contributed by atoms with van der Waals surface area (Å²) in [4.78, 5) is 27.4. The van der Waals surface area contributed by atoms with Crippen LogP contribution in [0, 0.1) is 5.92 Å². The van der Waals surface area contributed by atoms with Gasteiger partial charge in [0.25, 0.3) is 5.91 Å². The number of carbonyl (C=O) groups excluding carboxylic acids is 2. The summed E-state index contributed by atoms with van der Waals surface area (Å²) in [5.41, 5.74) is 2.56. The van der Waals surface area contributed by atoms with Crippen LogP contribution in [0.4, 0.5) is 0 Å². The highest BCUT2D eigenvalue weighted by molar-refractivity contribution is 5.98. The number of methoxy groups -OCH3 is 1. The van der Waals surface area contributed by atoms with Gasteiger partial charge in [-0.3, -0.25) is 9.59 Å². The lowest BCUT2D eigenvalue weighted by atomic mass is 10.0. The fourth-order valence-electron chi connectivity index (χ4n) is 3.77. The van der Waals surface area contributed by atoms with Crippen molar-refractivity contribution in [3.63, 3.8) is 0 Å². The van der Waals surface area contributed by atoms with E-state index in [0.29, 0.717) is 18.0 Å². The first-order valence-electron chi connectivity index (χ1n) is 9.99. The highest BCUT2D eigenvalue weighted by Crippen LogP contribution is 2.29. The third-order valence-electron chi connectivity index (χ3n) is 5.59. The lowest BCUT2D eigenvalue weighted by Gasteiger charge is -2.24. The van der Waals surface area contributed by atoms with Crippen molar-refractivity contribution in [2.75, 3.05) is 20.2 Å². The third kappa shape index (κ3) is 4.03. The van der Waals surface area contributed by atoms with Gasteiger partial charge in [-0.2, -0.15) is 0 Å². The van der Waals surface area contributed by atoms with E-state index in [2.05, 4.69) is 5.32 Å². The first-order valence-corrected chi connectivity index (χ1v) is 9.99. The molecule has 5 nitrogen and oxygen atoms in total. The number of nitrogens with zero attached hydrogens (tertiary/aromatic N) is 1. The first kappa shape index (κ1) is 18.5. The summed E-state index contributed by atoms with van der Waals surface area (Å²) in [7, 11) is 1.64. The van der Waals surface area contributed by atoms with Crippen molar-refractivity contribution >= 4 is 11.8 Å². The number of hydrogen-bond donors (Lipinski definition) is 1. The average Bonchev–Trinajstić information content (AvgIpc) is 3.45. The molecule has 1 unspecified atom stereocenters. The maximum Gasteiger partial charge on any atom is 0.254 e. The second-order valence-corrected chi connectivity index (χ2v) is 7.66. The van der Waals surface area contributed by atoms with E-state index in [4.69, 9.17) is 4.74 Å². The molecule has 0 aromatic heterocycles. The summed E-state index contributed by atoms with van der Waals surface area (Å²) in [5.74, 6) is 1.32. The van der Waals surface area contributed by atoms with Crippen molar-refractivity contribution in [2.45, 2.75) is 31.7 Å². The topological polar surface area (TPSA) is 58.6 Å². The quantitative estimate of drug-likeness (QED) is 0.837.